The van der Waals surface area contributed by atoms with E-state index in [0.717, 1.165) is 19.3 Å². The quantitative estimate of drug-likeness (QED) is 0.821. The molecule has 0 amide bonds. The Morgan fingerprint density at radius 2 is 2.04 bits per heavy atom. The van der Waals surface area contributed by atoms with Crippen LogP contribution in [0, 0.1) is 0 Å². The van der Waals surface area contributed by atoms with E-state index in [9.17, 15) is 13.2 Å². The molecule has 0 aliphatic heterocycles. The van der Waals surface area contributed by atoms with Gasteiger partial charge in [0.05, 0.1) is 22.6 Å². The van der Waals surface area contributed by atoms with Crippen LogP contribution in [0.15, 0.2) is 23.1 Å². The lowest BCUT2D eigenvalue weighted by Gasteiger charge is -2.47. The van der Waals surface area contributed by atoms with Gasteiger partial charge >= 0.3 is 5.97 Å². The molecule has 0 bridgehead atoms. The van der Waals surface area contributed by atoms with Gasteiger partial charge in [0.25, 0.3) is 0 Å². The number of carboxylic acids is 1. The van der Waals surface area contributed by atoms with Crippen LogP contribution in [0.3, 0.4) is 0 Å². The normalized spacial score (nSPS) is 17.0. The molecule has 6 nitrogen and oxygen atoms in total. The molecule has 1 aromatic carbocycles. The smallest absolute Gasteiger partial charge is 0.335 e. The van der Waals surface area contributed by atoms with Crippen LogP contribution >= 0.6 is 0 Å². The largest absolute Gasteiger partial charge is 0.478 e. The Hall–Kier alpha value is -1.44. The van der Waals surface area contributed by atoms with Crippen LogP contribution in [-0.4, -0.2) is 50.1 Å². The summed E-state index contributed by atoms with van der Waals surface area (Å²) < 4.78 is 32.7. The number of aromatic carboxylic acids is 1. The third-order valence-electron chi connectivity index (χ3n) is 4.70. The maximum absolute atomic E-state index is 13.1. The average molecular weight is 341 g/mol. The average Bonchev–Trinajstić information content (AvgIpc) is 2.49. The van der Waals surface area contributed by atoms with Gasteiger partial charge in [-0.1, -0.05) is 13.0 Å². The van der Waals surface area contributed by atoms with Crippen LogP contribution in [-0.2, 0) is 21.2 Å². The van der Waals surface area contributed by atoms with E-state index < -0.39 is 21.5 Å². The summed E-state index contributed by atoms with van der Waals surface area (Å²) in [4.78, 5) is 11.3. The van der Waals surface area contributed by atoms with Crippen molar-refractivity contribution in [1.29, 1.82) is 0 Å². The van der Waals surface area contributed by atoms with Crippen LogP contribution in [0.4, 0.5) is 0 Å². The first-order valence-electron chi connectivity index (χ1n) is 7.62. The molecule has 7 heteroatoms. The van der Waals surface area contributed by atoms with E-state index in [2.05, 4.69) is 0 Å². The van der Waals surface area contributed by atoms with Crippen molar-refractivity contribution in [3.63, 3.8) is 0 Å². The maximum Gasteiger partial charge on any atom is 0.335 e. The summed E-state index contributed by atoms with van der Waals surface area (Å²) >= 11 is 0. The lowest BCUT2D eigenvalue weighted by molar-refractivity contribution is 0.0138. The number of likely N-dealkylation sites (N-methyl/N-ethyl adjacent to an activating group) is 1. The minimum Gasteiger partial charge on any atom is -0.478 e. The van der Waals surface area contributed by atoms with Gasteiger partial charge in [0, 0.05) is 14.2 Å². The molecule has 0 atom stereocenters. The summed E-state index contributed by atoms with van der Waals surface area (Å²) in [5, 5.41) is 9.15. The Balaban J connectivity index is 2.50. The predicted octanol–water partition coefficient (Wildman–Crippen LogP) is 2.14. The van der Waals surface area contributed by atoms with Gasteiger partial charge in [-0.05, 0) is 43.4 Å². The number of nitrogens with zero attached hydrogens (tertiary/aromatic N) is 1. The Labute approximate surface area is 137 Å². The van der Waals surface area contributed by atoms with Gasteiger partial charge in [0.15, 0.2) is 0 Å². The summed E-state index contributed by atoms with van der Waals surface area (Å²) in [6.07, 6.45) is 2.96. The number of ether oxygens (including phenoxy) is 1. The fraction of sp³-hybridized carbons (Fsp3) is 0.562. The zero-order valence-electron chi connectivity index (χ0n) is 13.7. The lowest BCUT2D eigenvalue weighted by Crippen LogP contribution is -2.57. The zero-order valence-corrected chi connectivity index (χ0v) is 14.5. The molecule has 2 rings (SSSR count). The molecule has 0 aromatic heterocycles. The molecule has 0 radical (unpaired) electrons. The maximum atomic E-state index is 13.1. The lowest BCUT2D eigenvalue weighted by atomic mass is 9.77. The Morgan fingerprint density at radius 1 is 1.39 bits per heavy atom. The van der Waals surface area contributed by atoms with E-state index in [1.807, 2.05) is 6.92 Å². The number of benzene rings is 1. The molecule has 23 heavy (non-hydrogen) atoms. The zero-order chi connectivity index (χ0) is 17.3. The van der Waals surface area contributed by atoms with Crippen LogP contribution in [0.5, 0.6) is 0 Å². The van der Waals surface area contributed by atoms with E-state index in [4.69, 9.17) is 9.84 Å². The van der Waals surface area contributed by atoms with Crippen molar-refractivity contribution in [1.82, 2.24) is 4.31 Å². The number of methoxy groups -OCH3 is 1. The Kier molecular flexibility index (Phi) is 5.13. The van der Waals surface area contributed by atoms with Crippen LogP contribution in [0.2, 0.25) is 0 Å². The van der Waals surface area contributed by atoms with Gasteiger partial charge in [-0.3, -0.25) is 0 Å². The van der Waals surface area contributed by atoms with Gasteiger partial charge in [-0.15, -0.1) is 0 Å². The van der Waals surface area contributed by atoms with Crippen molar-refractivity contribution in [3.8, 4) is 0 Å². The van der Waals surface area contributed by atoms with Crippen LogP contribution in [0.1, 0.15) is 42.1 Å². The summed E-state index contributed by atoms with van der Waals surface area (Å²) in [7, 11) is -0.674. The SMILES string of the molecule is CCc1ccc(C(=O)O)cc1S(=O)(=O)N(C)C1(COC)CCC1. The van der Waals surface area contributed by atoms with Gasteiger partial charge in [-0.25, -0.2) is 13.2 Å². The van der Waals surface area contributed by atoms with Crippen molar-refractivity contribution in [2.45, 2.75) is 43.0 Å². The van der Waals surface area contributed by atoms with Crippen LogP contribution in [0.25, 0.3) is 0 Å². The van der Waals surface area contributed by atoms with E-state index in [-0.39, 0.29) is 10.5 Å². The summed E-state index contributed by atoms with van der Waals surface area (Å²) in [5.74, 6) is -1.14. The van der Waals surface area contributed by atoms with E-state index in [1.54, 1.807) is 20.2 Å². The molecule has 128 valence electrons. The van der Waals surface area contributed by atoms with Crippen molar-refractivity contribution in [2.75, 3.05) is 20.8 Å². The molecular weight excluding hydrogens is 318 g/mol. The van der Waals surface area contributed by atoms with Crippen LogP contribution < -0.4 is 0 Å². The second-order valence-electron chi connectivity index (χ2n) is 5.96. The standard InChI is InChI=1S/C16H23NO5S/c1-4-12-6-7-13(15(18)19)10-14(12)23(20,21)17(2)16(11-22-3)8-5-9-16/h6-7,10H,4-5,8-9,11H2,1-3H3,(H,18,19). The highest BCUT2D eigenvalue weighted by Crippen LogP contribution is 2.40. The first kappa shape index (κ1) is 17.9. The number of carboxylic acid groups (broad SMARTS) is 1. The highest BCUT2D eigenvalue weighted by Gasteiger charge is 2.46. The number of hydrogen-bond acceptors (Lipinski definition) is 4. The van der Waals surface area contributed by atoms with Gasteiger partial charge in [0.1, 0.15) is 0 Å². The molecule has 0 spiro atoms. The molecule has 1 N–H and O–H groups in total. The molecule has 1 aromatic rings. The first-order chi connectivity index (χ1) is 10.8. The monoisotopic (exact) mass is 341 g/mol. The molecule has 1 saturated carbocycles. The Bertz CT molecular complexity index is 694. The first-order valence-corrected chi connectivity index (χ1v) is 9.06. The fourth-order valence-corrected chi connectivity index (χ4v) is 4.89. The van der Waals surface area contributed by atoms with Crippen molar-refractivity contribution < 1.29 is 23.1 Å². The second kappa shape index (κ2) is 6.59. The van der Waals surface area contributed by atoms with Gasteiger partial charge < -0.3 is 9.84 Å². The van der Waals surface area contributed by atoms with Crippen molar-refractivity contribution in [3.05, 3.63) is 29.3 Å². The number of aryl methyl sites for hydroxylation is 1. The molecule has 1 fully saturated rings. The molecule has 0 unspecified atom stereocenters. The molecule has 1 aliphatic carbocycles. The van der Waals surface area contributed by atoms with E-state index >= 15 is 0 Å². The number of hydrogen-bond donors (Lipinski definition) is 1. The summed E-state index contributed by atoms with van der Waals surface area (Å²) in [6, 6.07) is 4.27. The predicted molar refractivity (Wildman–Crippen MR) is 86.2 cm³/mol. The third kappa shape index (κ3) is 3.13. The number of rotatable bonds is 7. The highest BCUT2D eigenvalue weighted by molar-refractivity contribution is 7.89. The number of carbonyl (C=O) groups is 1. The minimum absolute atomic E-state index is 0.0245. The van der Waals surface area contributed by atoms with Gasteiger partial charge in [0.2, 0.25) is 10.0 Å². The Morgan fingerprint density at radius 3 is 2.48 bits per heavy atom. The second-order valence-corrected chi connectivity index (χ2v) is 7.90. The van der Waals surface area contributed by atoms with E-state index in [1.165, 1.54) is 16.4 Å². The molecule has 0 saturated heterocycles. The third-order valence-corrected chi connectivity index (χ3v) is 6.74. The highest BCUT2D eigenvalue weighted by atomic mass is 32.2. The summed E-state index contributed by atoms with van der Waals surface area (Å²) in [6.45, 7) is 2.19. The van der Waals surface area contributed by atoms with Gasteiger partial charge in [-0.2, -0.15) is 4.31 Å². The fourth-order valence-electron chi connectivity index (χ4n) is 3.03. The molecule has 1 aliphatic rings. The summed E-state index contributed by atoms with van der Waals surface area (Å²) in [5.41, 5.74) is 0.0648. The topological polar surface area (TPSA) is 83.9 Å². The molecule has 0 heterocycles. The van der Waals surface area contributed by atoms with Crippen molar-refractivity contribution >= 4 is 16.0 Å². The van der Waals surface area contributed by atoms with Crippen molar-refractivity contribution in [2.24, 2.45) is 0 Å². The number of sulfonamides is 1. The minimum atomic E-state index is -3.79. The molecular formula is C16H23NO5S. The van der Waals surface area contributed by atoms with E-state index in [0.29, 0.717) is 18.6 Å².